The van der Waals surface area contributed by atoms with Crippen LogP contribution >= 0.6 is 0 Å². The predicted octanol–water partition coefficient (Wildman–Crippen LogP) is 2.86. The number of rotatable bonds is 1. The number of nitrogens with zero attached hydrogens (tertiary/aromatic N) is 4. The van der Waals surface area contributed by atoms with E-state index in [1.165, 1.54) is 6.07 Å². The number of hydrogen-bond donors (Lipinski definition) is 1. The SMILES string of the molecule is O=C1c2cc3[nH]c(=O)c4cnc(C5CCOCC5)n4c3cc2C2Cc3cc(F)cnc3N12. The molecule has 9 heteroatoms. The molecule has 160 valence electrons. The average Bonchev–Trinajstić information content (AvgIpc) is 3.47. The van der Waals surface area contributed by atoms with Crippen LogP contribution in [0.25, 0.3) is 16.6 Å². The van der Waals surface area contributed by atoms with Gasteiger partial charge in [-0.05, 0) is 36.6 Å². The van der Waals surface area contributed by atoms with Crippen LogP contribution in [0.2, 0.25) is 0 Å². The minimum absolute atomic E-state index is 0.180. The van der Waals surface area contributed by atoms with Gasteiger partial charge in [0.2, 0.25) is 0 Å². The van der Waals surface area contributed by atoms with Crippen LogP contribution in [0.5, 0.6) is 0 Å². The summed E-state index contributed by atoms with van der Waals surface area (Å²) in [5.41, 5.74) is 3.78. The highest BCUT2D eigenvalue weighted by molar-refractivity contribution is 6.13. The van der Waals surface area contributed by atoms with Gasteiger partial charge in [0.25, 0.3) is 11.5 Å². The first-order chi connectivity index (χ1) is 15.6. The van der Waals surface area contributed by atoms with Crippen molar-refractivity contribution in [2.45, 2.75) is 31.2 Å². The molecule has 0 radical (unpaired) electrons. The lowest BCUT2D eigenvalue weighted by Crippen LogP contribution is -2.24. The molecule has 3 aliphatic heterocycles. The van der Waals surface area contributed by atoms with E-state index >= 15 is 0 Å². The maximum atomic E-state index is 13.7. The predicted molar refractivity (Wildman–Crippen MR) is 114 cm³/mol. The lowest BCUT2D eigenvalue weighted by atomic mass is 9.98. The van der Waals surface area contributed by atoms with Gasteiger partial charge in [0.05, 0.1) is 29.5 Å². The molecule has 1 aromatic carbocycles. The first kappa shape index (κ1) is 18.0. The quantitative estimate of drug-likeness (QED) is 0.500. The molecule has 1 fully saturated rings. The number of carbonyl (C=O) groups is 1. The molecular formula is C23H18FN5O3. The monoisotopic (exact) mass is 431 g/mol. The van der Waals surface area contributed by atoms with Crippen molar-refractivity contribution in [3.05, 3.63) is 69.3 Å². The summed E-state index contributed by atoms with van der Waals surface area (Å²) in [7, 11) is 0. The Morgan fingerprint density at radius 2 is 1.91 bits per heavy atom. The molecule has 1 saturated heterocycles. The lowest BCUT2D eigenvalue weighted by molar-refractivity contribution is 0.0835. The first-order valence-corrected chi connectivity index (χ1v) is 10.7. The fraction of sp³-hybridized carbons (Fsp3) is 0.304. The van der Waals surface area contributed by atoms with Gasteiger partial charge in [0.1, 0.15) is 23.0 Å². The van der Waals surface area contributed by atoms with E-state index in [2.05, 4.69) is 15.0 Å². The van der Waals surface area contributed by atoms with Crippen molar-refractivity contribution in [2.75, 3.05) is 18.1 Å². The highest BCUT2D eigenvalue weighted by Crippen LogP contribution is 2.46. The van der Waals surface area contributed by atoms with E-state index < -0.39 is 5.82 Å². The summed E-state index contributed by atoms with van der Waals surface area (Å²) in [6.45, 7) is 1.34. The number of aromatic amines is 1. The number of aromatic nitrogens is 4. The summed E-state index contributed by atoms with van der Waals surface area (Å²) in [5, 5.41) is 0. The summed E-state index contributed by atoms with van der Waals surface area (Å²) in [4.78, 5) is 39.4. The maximum absolute atomic E-state index is 13.7. The summed E-state index contributed by atoms with van der Waals surface area (Å²) in [5.74, 6) is 0.964. The zero-order chi connectivity index (χ0) is 21.6. The summed E-state index contributed by atoms with van der Waals surface area (Å²) in [6, 6.07) is 4.94. The first-order valence-electron chi connectivity index (χ1n) is 10.7. The highest BCUT2D eigenvalue weighted by atomic mass is 19.1. The number of hydrogen-bond acceptors (Lipinski definition) is 5. The molecule has 4 aromatic rings. The van der Waals surface area contributed by atoms with Crippen molar-refractivity contribution in [1.82, 2.24) is 19.4 Å². The molecule has 1 amide bonds. The van der Waals surface area contributed by atoms with Gasteiger partial charge in [-0.25, -0.2) is 14.4 Å². The fourth-order valence-corrected chi connectivity index (χ4v) is 5.46. The standard InChI is InChI=1S/C23H18FN5O3/c24-13-5-12-6-17-14-8-18-16(7-15(14)23(31)29(17)21(12)25-9-13)27-22(30)19-10-26-20(28(18)19)11-1-3-32-4-2-11/h5,7-11,17H,1-4,6H2,(H,27,30). The number of amides is 1. The zero-order valence-corrected chi connectivity index (χ0v) is 17.0. The van der Waals surface area contributed by atoms with Crippen LogP contribution in [0.3, 0.4) is 0 Å². The molecule has 1 unspecified atom stereocenters. The molecule has 3 aliphatic rings. The van der Waals surface area contributed by atoms with Gasteiger partial charge >= 0.3 is 0 Å². The van der Waals surface area contributed by atoms with Crippen LogP contribution in [0, 0.1) is 5.82 Å². The highest BCUT2D eigenvalue weighted by Gasteiger charge is 2.44. The zero-order valence-electron chi connectivity index (χ0n) is 17.0. The van der Waals surface area contributed by atoms with E-state index in [4.69, 9.17) is 4.74 Å². The van der Waals surface area contributed by atoms with Gasteiger partial charge < -0.3 is 9.72 Å². The molecule has 8 nitrogen and oxygen atoms in total. The number of anilines is 1. The third kappa shape index (κ3) is 2.28. The molecule has 6 heterocycles. The number of benzene rings is 1. The van der Waals surface area contributed by atoms with Gasteiger partial charge in [-0.15, -0.1) is 0 Å². The van der Waals surface area contributed by atoms with E-state index in [1.807, 2.05) is 10.5 Å². The fourth-order valence-electron chi connectivity index (χ4n) is 5.46. The molecule has 1 N–H and O–H groups in total. The van der Waals surface area contributed by atoms with E-state index in [-0.39, 0.29) is 23.4 Å². The lowest BCUT2D eigenvalue weighted by Gasteiger charge is -2.21. The molecule has 3 aromatic heterocycles. The number of imidazole rings is 1. The Labute approximate surface area is 180 Å². The van der Waals surface area contributed by atoms with Crippen LogP contribution < -0.4 is 10.5 Å². The molecule has 0 saturated carbocycles. The van der Waals surface area contributed by atoms with E-state index in [1.54, 1.807) is 17.2 Å². The Bertz CT molecular complexity index is 1520. The van der Waals surface area contributed by atoms with Gasteiger partial charge in [-0.3, -0.25) is 18.9 Å². The van der Waals surface area contributed by atoms with Gasteiger partial charge in [0.15, 0.2) is 0 Å². The summed E-state index contributed by atoms with van der Waals surface area (Å²) in [6.07, 6.45) is 4.96. The van der Waals surface area contributed by atoms with Crippen molar-refractivity contribution >= 4 is 28.3 Å². The third-order valence-corrected chi connectivity index (χ3v) is 6.94. The third-order valence-electron chi connectivity index (χ3n) is 6.94. The van der Waals surface area contributed by atoms with Crippen molar-refractivity contribution in [2.24, 2.45) is 0 Å². The van der Waals surface area contributed by atoms with Crippen LogP contribution in [0.4, 0.5) is 10.2 Å². The van der Waals surface area contributed by atoms with Gasteiger partial charge in [-0.1, -0.05) is 0 Å². The molecule has 0 spiro atoms. The second-order valence-electron chi connectivity index (χ2n) is 8.67. The summed E-state index contributed by atoms with van der Waals surface area (Å²) < 4.78 is 21.1. The van der Waals surface area contributed by atoms with Crippen LogP contribution in [0.15, 0.2) is 35.4 Å². The minimum atomic E-state index is -0.407. The Balaban J connectivity index is 1.46. The number of pyridine rings is 1. The van der Waals surface area contributed by atoms with Crippen LogP contribution in [0.1, 0.15) is 52.1 Å². The molecule has 0 bridgehead atoms. The van der Waals surface area contributed by atoms with Crippen molar-refractivity contribution in [3.8, 4) is 0 Å². The smallest absolute Gasteiger partial charge is 0.274 e. The second kappa shape index (κ2) is 6.23. The molecule has 32 heavy (non-hydrogen) atoms. The maximum Gasteiger partial charge on any atom is 0.274 e. The second-order valence-corrected chi connectivity index (χ2v) is 8.67. The molecule has 0 aliphatic carbocycles. The number of nitrogens with one attached hydrogen (secondary N) is 1. The molecule has 1 atom stereocenters. The van der Waals surface area contributed by atoms with Crippen molar-refractivity contribution in [3.63, 3.8) is 0 Å². The number of H-pyrrole nitrogens is 1. The number of carbonyl (C=O) groups excluding carboxylic acids is 1. The largest absolute Gasteiger partial charge is 0.381 e. The van der Waals surface area contributed by atoms with E-state index in [0.717, 1.165) is 41.5 Å². The normalized spacial score (nSPS) is 20.2. The van der Waals surface area contributed by atoms with Crippen LogP contribution in [-0.2, 0) is 11.2 Å². The van der Waals surface area contributed by atoms with Crippen molar-refractivity contribution < 1.29 is 13.9 Å². The number of ether oxygens (including phenoxy) is 1. The number of halogens is 1. The Morgan fingerprint density at radius 1 is 1.06 bits per heavy atom. The Kier molecular flexibility index (Phi) is 3.51. The Hall–Kier alpha value is -3.59. The minimum Gasteiger partial charge on any atom is -0.381 e. The van der Waals surface area contributed by atoms with Crippen LogP contribution in [-0.4, -0.2) is 38.5 Å². The van der Waals surface area contributed by atoms with E-state index in [9.17, 15) is 14.0 Å². The molecule has 7 rings (SSSR count). The topological polar surface area (TPSA) is 92.6 Å². The summed E-state index contributed by atoms with van der Waals surface area (Å²) >= 11 is 0. The Morgan fingerprint density at radius 3 is 2.75 bits per heavy atom. The van der Waals surface area contributed by atoms with Crippen molar-refractivity contribution in [1.29, 1.82) is 0 Å². The van der Waals surface area contributed by atoms with Gasteiger partial charge in [-0.2, -0.15) is 0 Å². The van der Waals surface area contributed by atoms with Gasteiger partial charge in [0, 0.05) is 36.7 Å². The molecular weight excluding hydrogens is 413 g/mol. The average molecular weight is 431 g/mol. The van der Waals surface area contributed by atoms with E-state index in [0.29, 0.717) is 42.0 Å². The number of fused-ring (bicyclic) bond motifs is 8.